The van der Waals surface area contributed by atoms with E-state index in [0.29, 0.717) is 25.7 Å². The highest BCUT2D eigenvalue weighted by atomic mass is 31.2. The Labute approximate surface area is 588 Å². The molecule has 0 saturated carbocycles. The molecular weight excluding hydrogens is 1260 g/mol. The van der Waals surface area contributed by atoms with Crippen LogP contribution in [0.15, 0.2) is 0 Å². The zero-order valence-corrected chi connectivity index (χ0v) is 64.3. The Morgan fingerprint density at radius 3 is 0.740 bits per heavy atom. The van der Waals surface area contributed by atoms with Crippen LogP contribution >= 0.6 is 15.6 Å². The van der Waals surface area contributed by atoms with Gasteiger partial charge < -0.3 is 33.8 Å². The Hall–Kier alpha value is -1.94. The molecule has 0 aromatic heterocycles. The van der Waals surface area contributed by atoms with E-state index in [-0.39, 0.29) is 25.7 Å². The van der Waals surface area contributed by atoms with Crippen LogP contribution in [0.1, 0.15) is 407 Å². The molecule has 0 spiro atoms. The minimum Gasteiger partial charge on any atom is -0.462 e. The standard InChI is InChI=1S/C77H150O17P2/c1-6-10-13-16-19-22-24-32-37-41-46-51-56-61-75(80)88-67-73(94-77(82)63-58-53-48-43-38-34-31-29-27-26-28-30-33-35-40-44-49-54-59-70(5)9-4)69-92-96(85,86)90-65-71(78)64-89-95(83,84)91-68-72(66-87-74(79)60-55-50-45-39-21-18-15-12-8-3)93-76(81)62-57-52-47-42-36-25-23-20-17-14-11-7-2/h70-73,78H,6-69H2,1-5H3,(H,83,84)(H,85,86)/t70?,71-,72+,73+/m0/s1. The highest BCUT2D eigenvalue weighted by molar-refractivity contribution is 7.47. The number of hydrogen-bond acceptors (Lipinski definition) is 15. The number of aliphatic hydroxyl groups is 1. The molecule has 96 heavy (non-hydrogen) atoms. The summed E-state index contributed by atoms with van der Waals surface area (Å²) in [7, 11) is -9.91. The van der Waals surface area contributed by atoms with Gasteiger partial charge in [-0.2, -0.15) is 0 Å². The first-order valence-electron chi connectivity index (χ1n) is 40.2. The second-order valence-corrected chi connectivity index (χ2v) is 30.9. The summed E-state index contributed by atoms with van der Waals surface area (Å²) in [5.41, 5.74) is 0. The third-order valence-corrected chi connectivity index (χ3v) is 20.3. The smallest absolute Gasteiger partial charge is 0.462 e. The number of rotatable bonds is 77. The van der Waals surface area contributed by atoms with Gasteiger partial charge in [-0.15, -0.1) is 0 Å². The molecule has 6 atom stereocenters. The summed E-state index contributed by atoms with van der Waals surface area (Å²) in [6.07, 6.45) is 59.6. The quantitative estimate of drug-likeness (QED) is 0.0222. The fourth-order valence-corrected chi connectivity index (χ4v) is 13.4. The van der Waals surface area contributed by atoms with Crippen molar-refractivity contribution in [3.63, 3.8) is 0 Å². The average Bonchev–Trinajstić information content (AvgIpc) is 1.22. The molecule has 0 radical (unpaired) electrons. The van der Waals surface area contributed by atoms with Gasteiger partial charge in [0.05, 0.1) is 26.4 Å². The van der Waals surface area contributed by atoms with Crippen LogP contribution in [0.4, 0.5) is 0 Å². The van der Waals surface area contributed by atoms with Crippen molar-refractivity contribution in [3.05, 3.63) is 0 Å². The van der Waals surface area contributed by atoms with Gasteiger partial charge in [-0.05, 0) is 31.6 Å². The number of unbranched alkanes of at least 4 members (excludes halogenated alkanes) is 48. The first-order valence-corrected chi connectivity index (χ1v) is 43.2. The Morgan fingerprint density at radius 2 is 0.500 bits per heavy atom. The lowest BCUT2D eigenvalue weighted by molar-refractivity contribution is -0.161. The maximum absolute atomic E-state index is 13.1. The van der Waals surface area contributed by atoms with E-state index in [1.807, 2.05) is 0 Å². The molecule has 0 aromatic carbocycles. The summed E-state index contributed by atoms with van der Waals surface area (Å²) in [4.78, 5) is 72.7. The summed E-state index contributed by atoms with van der Waals surface area (Å²) in [5, 5.41) is 10.6. The first kappa shape index (κ1) is 94.1. The molecule has 3 unspecified atom stereocenters. The predicted octanol–water partition coefficient (Wildman–Crippen LogP) is 22.9. The average molecular weight is 1410 g/mol. The zero-order chi connectivity index (χ0) is 70.5. The summed E-state index contributed by atoms with van der Waals surface area (Å²) >= 11 is 0. The van der Waals surface area contributed by atoms with Crippen LogP contribution in [0.3, 0.4) is 0 Å². The lowest BCUT2D eigenvalue weighted by atomic mass is 9.99. The van der Waals surface area contributed by atoms with E-state index in [2.05, 4.69) is 34.6 Å². The SMILES string of the molecule is CCCCCCCCCCCCCCCC(=O)OC[C@H](COP(=O)(O)OC[C@@H](O)COP(=O)(O)OC[C@@H](COC(=O)CCCCCCCCCCC)OC(=O)CCCCCCCCCCCCCC)OC(=O)CCCCCCCCCCCCCCCCCCCCC(C)CC. The van der Waals surface area contributed by atoms with Gasteiger partial charge in [0.15, 0.2) is 12.2 Å². The monoisotopic (exact) mass is 1410 g/mol. The molecule has 570 valence electrons. The zero-order valence-electron chi connectivity index (χ0n) is 62.5. The van der Waals surface area contributed by atoms with Gasteiger partial charge in [0, 0.05) is 25.7 Å². The lowest BCUT2D eigenvalue weighted by Gasteiger charge is -2.21. The molecule has 0 fully saturated rings. The van der Waals surface area contributed by atoms with Crippen molar-refractivity contribution in [3.8, 4) is 0 Å². The van der Waals surface area contributed by atoms with Gasteiger partial charge in [0.2, 0.25) is 0 Å². The van der Waals surface area contributed by atoms with Crippen molar-refractivity contribution >= 4 is 39.5 Å². The molecular formula is C77H150O17P2. The molecule has 3 N–H and O–H groups in total. The molecule has 0 bridgehead atoms. The second kappa shape index (κ2) is 70.1. The number of hydrogen-bond donors (Lipinski definition) is 3. The Bertz CT molecular complexity index is 1840. The summed E-state index contributed by atoms with van der Waals surface area (Å²) in [6.45, 7) is 7.35. The molecule has 0 amide bonds. The summed E-state index contributed by atoms with van der Waals surface area (Å²) in [6, 6.07) is 0. The van der Waals surface area contributed by atoms with Crippen LogP contribution < -0.4 is 0 Å². The van der Waals surface area contributed by atoms with E-state index in [0.717, 1.165) is 95.8 Å². The fourth-order valence-electron chi connectivity index (χ4n) is 11.8. The normalized spacial score (nSPS) is 14.2. The molecule has 19 heteroatoms. The van der Waals surface area contributed by atoms with Gasteiger partial charge in [-0.3, -0.25) is 37.3 Å². The maximum atomic E-state index is 13.1. The topological polar surface area (TPSA) is 237 Å². The Morgan fingerprint density at radius 1 is 0.292 bits per heavy atom. The van der Waals surface area contributed by atoms with Crippen LogP contribution in [0.2, 0.25) is 0 Å². The third kappa shape index (κ3) is 69.2. The van der Waals surface area contributed by atoms with E-state index in [9.17, 15) is 43.2 Å². The van der Waals surface area contributed by atoms with Gasteiger partial charge in [0.1, 0.15) is 19.3 Å². The number of esters is 4. The molecule has 0 heterocycles. The van der Waals surface area contributed by atoms with Crippen LogP contribution in [-0.4, -0.2) is 96.7 Å². The Kier molecular flexibility index (Phi) is 68.7. The third-order valence-electron chi connectivity index (χ3n) is 18.4. The minimum atomic E-state index is -4.96. The molecule has 0 aliphatic carbocycles. The van der Waals surface area contributed by atoms with E-state index in [1.54, 1.807) is 0 Å². The van der Waals surface area contributed by atoms with Gasteiger partial charge >= 0.3 is 39.5 Å². The highest BCUT2D eigenvalue weighted by Gasteiger charge is 2.30. The Balaban J connectivity index is 5.17. The number of aliphatic hydroxyl groups excluding tert-OH is 1. The van der Waals surface area contributed by atoms with Crippen LogP contribution in [-0.2, 0) is 65.4 Å². The highest BCUT2D eigenvalue weighted by Crippen LogP contribution is 2.45. The molecule has 17 nitrogen and oxygen atoms in total. The fraction of sp³-hybridized carbons (Fsp3) is 0.948. The molecule has 0 rings (SSSR count). The van der Waals surface area contributed by atoms with E-state index >= 15 is 0 Å². The largest absolute Gasteiger partial charge is 0.472 e. The van der Waals surface area contributed by atoms with Crippen LogP contribution in [0.25, 0.3) is 0 Å². The van der Waals surface area contributed by atoms with Crippen LogP contribution in [0, 0.1) is 5.92 Å². The van der Waals surface area contributed by atoms with Gasteiger partial charge in [0.25, 0.3) is 0 Å². The summed E-state index contributed by atoms with van der Waals surface area (Å²) in [5.74, 6) is -1.24. The molecule has 0 saturated heterocycles. The summed E-state index contributed by atoms with van der Waals surface area (Å²) < 4.78 is 68.5. The number of carbonyl (C=O) groups excluding carboxylic acids is 4. The second-order valence-electron chi connectivity index (χ2n) is 28.0. The van der Waals surface area contributed by atoms with Gasteiger partial charge in [-0.25, -0.2) is 9.13 Å². The van der Waals surface area contributed by atoms with Crippen molar-refractivity contribution in [1.29, 1.82) is 0 Å². The minimum absolute atomic E-state index is 0.108. The van der Waals surface area contributed by atoms with Gasteiger partial charge in [-0.1, -0.05) is 356 Å². The van der Waals surface area contributed by atoms with E-state index < -0.39 is 97.5 Å². The number of phosphoric ester groups is 2. The van der Waals surface area contributed by atoms with Crippen molar-refractivity contribution in [2.75, 3.05) is 39.6 Å². The first-order chi connectivity index (χ1) is 46.6. The predicted molar refractivity (Wildman–Crippen MR) is 391 cm³/mol. The molecule has 0 aliphatic heterocycles. The van der Waals surface area contributed by atoms with Crippen molar-refractivity contribution < 1.29 is 80.2 Å². The van der Waals surface area contributed by atoms with E-state index in [4.69, 9.17) is 37.0 Å². The van der Waals surface area contributed by atoms with Crippen molar-refractivity contribution in [2.45, 2.75) is 425 Å². The number of carbonyl (C=O) groups is 4. The van der Waals surface area contributed by atoms with Crippen LogP contribution in [0.5, 0.6) is 0 Å². The van der Waals surface area contributed by atoms with Crippen molar-refractivity contribution in [2.24, 2.45) is 5.92 Å². The van der Waals surface area contributed by atoms with Crippen molar-refractivity contribution in [1.82, 2.24) is 0 Å². The number of ether oxygens (including phenoxy) is 4. The molecule has 0 aromatic rings. The number of phosphoric acid groups is 2. The maximum Gasteiger partial charge on any atom is 0.472 e. The molecule has 0 aliphatic rings. The lowest BCUT2D eigenvalue weighted by Crippen LogP contribution is -2.30. The van der Waals surface area contributed by atoms with E-state index in [1.165, 1.54) is 231 Å².